The van der Waals surface area contributed by atoms with Crippen molar-refractivity contribution in [3.05, 3.63) is 74.2 Å². The van der Waals surface area contributed by atoms with Crippen molar-refractivity contribution in [2.45, 2.75) is 32.1 Å². The number of benzene rings is 1. The molecule has 8 heteroatoms. The molecule has 0 aliphatic heterocycles. The number of pyridine rings is 1. The van der Waals surface area contributed by atoms with Gasteiger partial charge >= 0.3 is 0 Å². The number of thiophene rings is 1. The van der Waals surface area contributed by atoms with Crippen LogP contribution in [0.4, 0.5) is 10.8 Å². The van der Waals surface area contributed by atoms with Gasteiger partial charge in [0.1, 0.15) is 10.8 Å². The Morgan fingerprint density at radius 2 is 1.80 bits per heavy atom. The maximum atomic E-state index is 13.2. The number of nitrogens with one attached hydrogen (secondary N) is 2. The first-order chi connectivity index (χ1) is 14.5. The number of nitrogens with zero attached hydrogens (tertiary/aromatic N) is 1. The molecule has 0 atom stereocenters. The maximum Gasteiger partial charge on any atom is 0.260 e. The molecule has 5 nitrogen and oxygen atoms in total. The first kappa shape index (κ1) is 20.8. The SMILES string of the molecule is O=C(Nc1sc2c(c1C(=O)Nc1ccccn1)CCCCC2)c1ccc(Cl)cc1Cl. The third-order valence-corrected chi connectivity index (χ3v) is 6.71. The average molecular weight is 460 g/mol. The molecule has 0 radical (unpaired) electrons. The van der Waals surface area contributed by atoms with Crippen LogP contribution in [0.2, 0.25) is 10.0 Å². The Morgan fingerprint density at radius 3 is 2.57 bits per heavy atom. The van der Waals surface area contributed by atoms with Crippen LogP contribution in [0.1, 0.15) is 50.4 Å². The molecule has 1 aliphatic carbocycles. The zero-order valence-corrected chi connectivity index (χ0v) is 18.3. The first-order valence-electron chi connectivity index (χ1n) is 9.66. The minimum atomic E-state index is -0.375. The second kappa shape index (κ2) is 9.16. The fourth-order valence-electron chi connectivity index (χ4n) is 3.53. The van der Waals surface area contributed by atoms with Crippen molar-refractivity contribution in [3.63, 3.8) is 0 Å². The number of anilines is 2. The molecule has 2 heterocycles. The van der Waals surface area contributed by atoms with Crippen LogP contribution in [-0.2, 0) is 12.8 Å². The molecule has 30 heavy (non-hydrogen) atoms. The van der Waals surface area contributed by atoms with Crippen molar-refractivity contribution < 1.29 is 9.59 Å². The van der Waals surface area contributed by atoms with Gasteiger partial charge < -0.3 is 10.6 Å². The smallest absolute Gasteiger partial charge is 0.260 e. The van der Waals surface area contributed by atoms with Crippen LogP contribution in [0.15, 0.2) is 42.6 Å². The minimum absolute atomic E-state index is 0.262. The molecule has 0 spiro atoms. The van der Waals surface area contributed by atoms with E-state index in [9.17, 15) is 9.59 Å². The van der Waals surface area contributed by atoms with E-state index in [0.29, 0.717) is 27.0 Å². The van der Waals surface area contributed by atoms with Crippen molar-refractivity contribution in [2.24, 2.45) is 0 Å². The summed E-state index contributed by atoms with van der Waals surface area (Å²) < 4.78 is 0. The Hall–Kier alpha value is -2.41. The van der Waals surface area contributed by atoms with Gasteiger partial charge in [-0.1, -0.05) is 35.7 Å². The molecule has 0 unspecified atom stereocenters. The number of aryl methyl sites for hydroxylation is 1. The monoisotopic (exact) mass is 459 g/mol. The predicted octanol–water partition coefficient (Wildman–Crippen LogP) is 6.22. The fourth-order valence-corrected chi connectivity index (χ4v) is 5.31. The second-order valence-electron chi connectivity index (χ2n) is 7.02. The Balaban J connectivity index is 1.68. The van der Waals surface area contributed by atoms with E-state index in [2.05, 4.69) is 15.6 Å². The molecule has 0 fully saturated rings. The molecule has 0 bridgehead atoms. The van der Waals surface area contributed by atoms with Gasteiger partial charge in [0.15, 0.2) is 0 Å². The average Bonchev–Trinajstić information content (AvgIpc) is 2.89. The van der Waals surface area contributed by atoms with Crippen molar-refractivity contribution >= 4 is 57.2 Å². The van der Waals surface area contributed by atoms with Gasteiger partial charge in [0.25, 0.3) is 11.8 Å². The highest BCUT2D eigenvalue weighted by atomic mass is 35.5. The van der Waals surface area contributed by atoms with E-state index >= 15 is 0 Å². The number of carbonyl (C=O) groups excluding carboxylic acids is 2. The summed E-state index contributed by atoms with van der Waals surface area (Å²) in [5.74, 6) is -0.181. The number of fused-ring (bicyclic) bond motifs is 1. The summed E-state index contributed by atoms with van der Waals surface area (Å²) in [7, 11) is 0. The predicted molar refractivity (Wildman–Crippen MR) is 122 cm³/mol. The van der Waals surface area contributed by atoms with Gasteiger partial charge in [-0.25, -0.2) is 4.98 Å². The first-order valence-corrected chi connectivity index (χ1v) is 11.2. The van der Waals surface area contributed by atoms with Gasteiger partial charge in [0, 0.05) is 16.1 Å². The van der Waals surface area contributed by atoms with Gasteiger partial charge in [-0.2, -0.15) is 0 Å². The lowest BCUT2D eigenvalue weighted by Gasteiger charge is -2.10. The summed E-state index contributed by atoms with van der Waals surface area (Å²) in [6.45, 7) is 0. The molecule has 2 aromatic heterocycles. The van der Waals surface area contributed by atoms with Gasteiger partial charge in [0.2, 0.25) is 0 Å². The van der Waals surface area contributed by atoms with E-state index in [4.69, 9.17) is 23.2 Å². The standard InChI is InChI=1S/C22H19Cl2N3O2S/c23-13-9-10-14(16(24)12-13)20(28)27-22-19(15-6-2-1-3-7-17(15)30-22)21(29)26-18-8-4-5-11-25-18/h4-5,8-12H,1-3,6-7H2,(H,27,28)(H,25,26,29). The zero-order chi connectivity index (χ0) is 21.1. The van der Waals surface area contributed by atoms with Crippen molar-refractivity contribution in [2.75, 3.05) is 10.6 Å². The Labute approximate surface area is 188 Å². The zero-order valence-electron chi connectivity index (χ0n) is 16.0. The van der Waals surface area contributed by atoms with Crippen molar-refractivity contribution in [1.82, 2.24) is 4.98 Å². The van der Waals surface area contributed by atoms with E-state index < -0.39 is 0 Å². The molecule has 0 saturated heterocycles. The molecule has 2 N–H and O–H groups in total. The van der Waals surface area contributed by atoms with Crippen LogP contribution in [0.25, 0.3) is 0 Å². The third-order valence-electron chi connectivity index (χ3n) is 4.96. The molecular formula is C22H19Cl2N3O2S. The van der Waals surface area contributed by atoms with Crippen LogP contribution in [0, 0.1) is 0 Å². The molecule has 4 rings (SSSR count). The van der Waals surface area contributed by atoms with Crippen LogP contribution in [0.3, 0.4) is 0 Å². The highest BCUT2D eigenvalue weighted by Gasteiger charge is 2.26. The van der Waals surface area contributed by atoms with Crippen LogP contribution in [-0.4, -0.2) is 16.8 Å². The lowest BCUT2D eigenvalue weighted by molar-refractivity contribution is 0.102. The Kier molecular flexibility index (Phi) is 6.37. The van der Waals surface area contributed by atoms with E-state index in [1.807, 2.05) is 6.07 Å². The molecule has 3 aromatic rings. The molecule has 1 aliphatic rings. The van der Waals surface area contributed by atoms with E-state index in [1.165, 1.54) is 17.4 Å². The molecule has 2 amide bonds. The van der Waals surface area contributed by atoms with Crippen LogP contribution >= 0.6 is 34.5 Å². The number of halogens is 2. The largest absolute Gasteiger partial charge is 0.313 e. The highest BCUT2D eigenvalue weighted by molar-refractivity contribution is 7.17. The Bertz CT molecular complexity index is 1100. The Morgan fingerprint density at radius 1 is 0.967 bits per heavy atom. The van der Waals surface area contributed by atoms with Gasteiger partial charge in [-0.3, -0.25) is 9.59 Å². The normalized spacial score (nSPS) is 13.3. The number of aromatic nitrogens is 1. The summed E-state index contributed by atoms with van der Waals surface area (Å²) in [5.41, 5.74) is 1.84. The summed E-state index contributed by atoms with van der Waals surface area (Å²) in [5, 5.41) is 7.00. The number of rotatable bonds is 4. The summed E-state index contributed by atoms with van der Waals surface area (Å²) in [6.07, 6.45) is 6.56. The lowest BCUT2D eigenvalue weighted by Crippen LogP contribution is -2.18. The van der Waals surface area contributed by atoms with E-state index in [1.54, 1.807) is 30.5 Å². The van der Waals surface area contributed by atoms with E-state index in [0.717, 1.165) is 42.5 Å². The quantitative estimate of drug-likeness (QED) is 0.454. The van der Waals surface area contributed by atoms with Gasteiger partial charge in [-0.05, 0) is 61.6 Å². The maximum absolute atomic E-state index is 13.2. The number of hydrogen-bond donors (Lipinski definition) is 2. The molecular weight excluding hydrogens is 441 g/mol. The summed E-state index contributed by atoms with van der Waals surface area (Å²) >= 11 is 13.6. The summed E-state index contributed by atoms with van der Waals surface area (Å²) in [6, 6.07) is 10.0. The third kappa shape index (κ3) is 4.51. The van der Waals surface area contributed by atoms with Crippen molar-refractivity contribution in [1.29, 1.82) is 0 Å². The topological polar surface area (TPSA) is 71.1 Å². The fraction of sp³-hybridized carbons (Fsp3) is 0.227. The molecule has 1 aromatic carbocycles. The minimum Gasteiger partial charge on any atom is -0.313 e. The molecule has 154 valence electrons. The molecule has 0 saturated carbocycles. The van der Waals surface area contributed by atoms with Crippen molar-refractivity contribution in [3.8, 4) is 0 Å². The lowest BCUT2D eigenvalue weighted by atomic mass is 10.0. The highest BCUT2D eigenvalue weighted by Crippen LogP contribution is 2.38. The second-order valence-corrected chi connectivity index (χ2v) is 8.96. The number of hydrogen-bond acceptors (Lipinski definition) is 4. The summed E-state index contributed by atoms with van der Waals surface area (Å²) in [4.78, 5) is 31.4. The van der Waals surface area contributed by atoms with Gasteiger partial charge in [-0.15, -0.1) is 11.3 Å². The number of amides is 2. The van der Waals surface area contributed by atoms with E-state index in [-0.39, 0.29) is 16.8 Å². The van der Waals surface area contributed by atoms with Crippen LogP contribution in [0.5, 0.6) is 0 Å². The van der Waals surface area contributed by atoms with Crippen LogP contribution < -0.4 is 10.6 Å². The van der Waals surface area contributed by atoms with Gasteiger partial charge in [0.05, 0.1) is 16.1 Å². The number of carbonyl (C=O) groups is 2.